The van der Waals surface area contributed by atoms with Gasteiger partial charge < -0.3 is 4.74 Å². The van der Waals surface area contributed by atoms with Crippen LogP contribution in [-0.4, -0.2) is 16.6 Å². The molecule has 1 heterocycles. The van der Waals surface area contributed by atoms with Crippen molar-refractivity contribution in [3.8, 4) is 0 Å². The first-order valence-corrected chi connectivity index (χ1v) is 5.51. The summed E-state index contributed by atoms with van der Waals surface area (Å²) in [6, 6.07) is 5.82. The van der Waals surface area contributed by atoms with Gasteiger partial charge in [0.1, 0.15) is 5.60 Å². The van der Waals surface area contributed by atoms with E-state index in [0.29, 0.717) is 12.8 Å². The molecule has 0 bridgehead atoms. The summed E-state index contributed by atoms with van der Waals surface area (Å²) in [5.74, 6) is -0.171. The van der Waals surface area contributed by atoms with Crippen molar-refractivity contribution in [1.29, 1.82) is 0 Å². The molecule has 0 atom stereocenters. The minimum Gasteiger partial charge on any atom is -0.460 e. The Kier molecular flexibility index (Phi) is 4.05. The molecule has 0 aliphatic carbocycles. The van der Waals surface area contributed by atoms with Gasteiger partial charge in [0, 0.05) is 17.8 Å². The van der Waals surface area contributed by atoms with Gasteiger partial charge >= 0.3 is 5.97 Å². The molecule has 3 heteroatoms. The lowest BCUT2D eigenvalue weighted by Gasteiger charge is -2.19. The fraction of sp³-hybridized carbons (Fsp3) is 0.538. The van der Waals surface area contributed by atoms with E-state index in [2.05, 4.69) is 4.98 Å². The normalized spacial score (nSPS) is 11.2. The Morgan fingerprint density at radius 1 is 1.38 bits per heavy atom. The second-order valence-corrected chi connectivity index (χ2v) is 4.86. The molecule has 88 valence electrons. The third-order valence-corrected chi connectivity index (χ3v) is 1.95. The van der Waals surface area contributed by atoms with Gasteiger partial charge in [-0.05, 0) is 39.8 Å². The van der Waals surface area contributed by atoms with Crippen molar-refractivity contribution in [2.24, 2.45) is 0 Å². The Morgan fingerprint density at radius 2 is 2.06 bits per heavy atom. The summed E-state index contributed by atoms with van der Waals surface area (Å²) in [6.07, 6.45) is 1.02. The predicted molar refractivity (Wildman–Crippen MR) is 63.1 cm³/mol. The Morgan fingerprint density at radius 3 is 2.62 bits per heavy atom. The van der Waals surface area contributed by atoms with E-state index in [9.17, 15) is 4.79 Å². The topological polar surface area (TPSA) is 39.2 Å². The van der Waals surface area contributed by atoms with Crippen molar-refractivity contribution in [3.05, 3.63) is 29.6 Å². The first kappa shape index (κ1) is 12.7. The van der Waals surface area contributed by atoms with Crippen LogP contribution in [-0.2, 0) is 16.0 Å². The second-order valence-electron chi connectivity index (χ2n) is 4.86. The molecule has 0 saturated carbocycles. The third kappa shape index (κ3) is 4.91. The molecule has 0 fully saturated rings. The zero-order valence-electron chi connectivity index (χ0n) is 10.4. The molecule has 16 heavy (non-hydrogen) atoms. The Labute approximate surface area is 96.8 Å². The molecular weight excluding hydrogens is 202 g/mol. The van der Waals surface area contributed by atoms with Gasteiger partial charge in [0.15, 0.2) is 0 Å². The van der Waals surface area contributed by atoms with Gasteiger partial charge in [-0.15, -0.1) is 0 Å². The Balaban J connectivity index is 2.43. The summed E-state index contributed by atoms with van der Waals surface area (Å²) < 4.78 is 5.22. The van der Waals surface area contributed by atoms with Crippen LogP contribution >= 0.6 is 0 Å². The van der Waals surface area contributed by atoms with E-state index in [-0.39, 0.29) is 5.97 Å². The van der Waals surface area contributed by atoms with Gasteiger partial charge in [-0.1, -0.05) is 6.07 Å². The van der Waals surface area contributed by atoms with E-state index < -0.39 is 5.60 Å². The lowest BCUT2D eigenvalue weighted by Crippen LogP contribution is -2.24. The van der Waals surface area contributed by atoms with Crippen LogP contribution in [0.2, 0.25) is 0 Å². The molecule has 0 aromatic carbocycles. The SMILES string of the molecule is Cc1cccc(CCC(=O)OC(C)(C)C)n1. The van der Waals surface area contributed by atoms with Gasteiger partial charge in [0.2, 0.25) is 0 Å². The maximum absolute atomic E-state index is 11.5. The molecule has 1 rings (SSSR count). The van der Waals surface area contributed by atoms with E-state index in [1.54, 1.807) is 0 Å². The van der Waals surface area contributed by atoms with Crippen molar-refractivity contribution in [2.45, 2.75) is 46.1 Å². The van der Waals surface area contributed by atoms with Crippen LogP contribution in [0.1, 0.15) is 38.6 Å². The first-order valence-electron chi connectivity index (χ1n) is 5.51. The predicted octanol–water partition coefficient (Wildman–Crippen LogP) is 2.66. The maximum atomic E-state index is 11.5. The number of hydrogen-bond acceptors (Lipinski definition) is 3. The fourth-order valence-electron chi connectivity index (χ4n) is 1.36. The fourth-order valence-corrected chi connectivity index (χ4v) is 1.36. The molecule has 1 aromatic heterocycles. The lowest BCUT2D eigenvalue weighted by atomic mass is 10.2. The van der Waals surface area contributed by atoms with Gasteiger partial charge in [0.05, 0.1) is 6.42 Å². The molecule has 0 aliphatic rings. The second kappa shape index (κ2) is 5.10. The summed E-state index contributed by atoms with van der Waals surface area (Å²) in [5.41, 5.74) is 1.50. The van der Waals surface area contributed by atoms with Crippen molar-refractivity contribution in [1.82, 2.24) is 4.98 Å². The number of nitrogens with zero attached hydrogens (tertiary/aromatic N) is 1. The molecule has 1 aromatic rings. The smallest absolute Gasteiger partial charge is 0.306 e. The average Bonchev–Trinajstić information content (AvgIpc) is 2.12. The molecule has 0 spiro atoms. The highest BCUT2D eigenvalue weighted by molar-refractivity contribution is 5.70. The van der Waals surface area contributed by atoms with Crippen LogP contribution in [0, 0.1) is 6.92 Å². The number of aromatic nitrogens is 1. The summed E-state index contributed by atoms with van der Waals surface area (Å²) in [4.78, 5) is 15.8. The van der Waals surface area contributed by atoms with Gasteiger partial charge in [-0.3, -0.25) is 9.78 Å². The van der Waals surface area contributed by atoms with Crippen molar-refractivity contribution < 1.29 is 9.53 Å². The number of pyridine rings is 1. The Bertz CT molecular complexity index is 366. The minimum atomic E-state index is -0.406. The minimum absolute atomic E-state index is 0.171. The number of carbonyl (C=O) groups is 1. The summed E-state index contributed by atoms with van der Waals surface area (Å²) >= 11 is 0. The van der Waals surface area contributed by atoms with Crippen molar-refractivity contribution >= 4 is 5.97 Å². The van der Waals surface area contributed by atoms with E-state index in [1.807, 2.05) is 45.9 Å². The van der Waals surface area contributed by atoms with Crippen LogP contribution in [0.15, 0.2) is 18.2 Å². The summed E-state index contributed by atoms with van der Waals surface area (Å²) in [6.45, 7) is 7.55. The highest BCUT2D eigenvalue weighted by Gasteiger charge is 2.15. The maximum Gasteiger partial charge on any atom is 0.306 e. The number of rotatable bonds is 3. The molecule has 0 saturated heterocycles. The number of esters is 1. The number of aryl methyl sites for hydroxylation is 2. The molecule has 3 nitrogen and oxygen atoms in total. The van der Waals surface area contributed by atoms with Crippen LogP contribution in [0.25, 0.3) is 0 Å². The molecule has 0 N–H and O–H groups in total. The van der Waals surface area contributed by atoms with Crippen LogP contribution in [0.3, 0.4) is 0 Å². The summed E-state index contributed by atoms with van der Waals surface area (Å²) in [5, 5.41) is 0. The van der Waals surface area contributed by atoms with Crippen molar-refractivity contribution in [2.75, 3.05) is 0 Å². The van der Waals surface area contributed by atoms with Crippen molar-refractivity contribution in [3.63, 3.8) is 0 Å². The first-order chi connectivity index (χ1) is 7.37. The standard InChI is InChI=1S/C13H19NO2/c1-10-6-5-7-11(14-10)8-9-12(15)16-13(2,3)4/h5-7H,8-9H2,1-4H3. The molecule has 0 radical (unpaired) electrons. The highest BCUT2D eigenvalue weighted by Crippen LogP contribution is 2.10. The zero-order valence-corrected chi connectivity index (χ0v) is 10.4. The van der Waals surface area contributed by atoms with Gasteiger partial charge in [-0.2, -0.15) is 0 Å². The van der Waals surface area contributed by atoms with Crippen LogP contribution in [0.4, 0.5) is 0 Å². The monoisotopic (exact) mass is 221 g/mol. The van der Waals surface area contributed by atoms with E-state index in [4.69, 9.17) is 4.74 Å². The average molecular weight is 221 g/mol. The van der Waals surface area contributed by atoms with E-state index in [1.165, 1.54) is 0 Å². The number of ether oxygens (including phenoxy) is 1. The number of carbonyl (C=O) groups excluding carboxylic acids is 1. The highest BCUT2D eigenvalue weighted by atomic mass is 16.6. The largest absolute Gasteiger partial charge is 0.460 e. The molecule has 0 aliphatic heterocycles. The van der Waals surface area contributed by atoms with E-state index in [0.717, 1.165) is 11.4 Å². The van der Waals surface area contributed by atoms with Crippen LogP contribution < -0.4 is 0 Å². The van der Waals surface area contributed by atoms with Gasteiger partial charge in [-0.25, -0.2) is 0 Å². The van der Waals surface area contributed by atoms with E-state index >= 15 is 0 Å². The molecular formula is C13H19NO2. The summed E-state index contributed by atoms with van der Waals surface area (Å²) in [7, 11) is 0. The Hall–Kier alpha value is -1.38. The van der Waals surface area contributed by atoms with Gasteiger partial charge in [0.25, 0.3) is 0 Å². The zero-order chi connectivity index (χ0) is 12.2. The van der Waals surface area contributed by atoms with Crippen LogP contribution in [0.5, 0.6) is 0 Å². The molecule has 0 unspecified atom stereocenters. The quantitative estimate of drug-likeness (QED) is 0.737. The third-order valence-electron chi connectivity index (χ3n) is 1.95. The number of hydrogen-bond donors (Lipinski definition) is 0. The lowest BCUT2D eigenvalue weighted by molar-refractivity contribution is -0.154. The molecule has 0 amide bonds.